The van der Waals surface area contributed by atoms with Gasteiger partial charge in [0.1, 0.15) is 12.1 Å². The lowest BCUT2D eigenvalue weighted by atomic mass is 10.00. The molecule has 0 aliphatic rings. The minimum atomic E-state index is 0.353. The molecular weight excluding hydrogens is 250 g/mol. The summed E-state index contributed by atoms with van der Waals surface area (Å²) in [6.07, 6.45) is 4.53. The smallest absolute Gasteiger partial charge is 0.133 e. The molecule has 0 saturated carbocycles. The van der Waals surface area contributed by atoms with Gasteiger partial charge in [-0.05, 0) is 25.3 Å². The maximum atomic E-state index is 4.51. The van der Waals surface area contributed by atoms with Crippen LogP contribution < -0.4 is 5.32 Å². The molecule has 0 atom stereocenters. The highest BCUT2D eigenvalue weighted by molar-refractivity contribution is 5.66. The fraction of sp³-hybridized carbons (Fsp3) is 0.533. The minimum Gasteiger partial charge on any atom is -0.370 e. The summed E-state index contributed by atoms with van der Waals surface area (Å²) in [7, 11) is 0. The molecule has 0 amide bonds. The van der Waals surface area contributed by atoms with Crippen molar-refractivity contribution in [3.05, 3.63) is 24.2 Å². The SMILES string of the molecule is CCCNc1ncnc(-c2ccnn2CC)c1C(C)C. The third-order valence-corrected chi connectivity index (χ3v) is 3.26. The number of nitrogens with zero attached hydrogens (tertiary/aromatic N) is 4. The van der Waals surface area contributed by atoms with Gasteiger partial charge >= 0.3 is 0 Å². The fourth-order valence-electron chi connectivity index (χ4n) is 2.32. The number of aromatic nitrogens is 4. The van der Waals surface area contributed by atoms with Gasteiger partial charge in [-0.15, -0.1) is 0 Å². The monoisotopic (exact) mass is 273 g/mol. The van der Waals surface area contributed by atoms with E-state index in [2.05, 4.69) is 48.1 Å². The zero-order chi connectivity index (χ0) is 14.5. The molecule has 5 heteroatoms. The van der Waals surface area contributed by atoms with Gasteiger partial charge in [0.2, 0.25) is 0 Å². The van der Waals surface area contributed by atoms with Crippen molar-refractivity contribution in [2.75, 3.05) is 11.9 Å². The first kappa shape index (κ1) is 14.5. The van der Waals surface area contributed by atoms with Crippen LogP contribution in [0.3, 0.4) is 0 Å². The molecule has 108 valence electrons. The Hall–Kier alpha value is -1.91. The maximum Gasteiger partial charge on any atom is 0.133 e. The summed E-state index contributed by atoms with van der Waals surface area (Å²) in [6, 6.07) is 2.02. The lowest BCUT2D eigenvalue weighted by Gasteiger charge is -2.17. The van der Waals surface area contributed by atoms with Crippen molar-refractivity contribution in [1.29, 1.82) is 0 Å². The standard InChI is InChI=1S/C15H23N5/c1-5-8-16-15-13(11(3)4)14(17-10-18-15)12-7-9-19-20(12)6-2/h7,9-11H,5-6,8H2,1-4H3,(H,16,17,18). The molecule has 0 aliphatic heterocycles. The Morgan fingerprint density at radius 3 is 2.70 bits per heavy atom. The number of hydrogen-bond acceptors (Lipinski definition) is 4. The molecule has 0 spiro atoms. The molecule has 5 nitrogen and oxygen atoms in total. The molecule has 2 heterocycles. The molecule has 0 bridgehead atoms. The van der Waals surface area contributed by atoms with Gasteiger partial charge < -0.3 is 5.32 Å². The first-order valence-corrected chi connectivity index (χ1v) is 7.29. The van der Waals surface area contributed by atoms with E-state index in [9.17, 15) is 0 Å². The van der Waals surface area contributed by atoms with Crippen molar-refractivity contribution in [2.24, 2.45) is 0 Å². The van der Waals surface area contributed by atoms with Crippen LogP contribution in [0.5, 0.6) is 0 Å². The van der Waals surface area contributed by atoms with Crippen LogP contribution in [0.1, 0.15) is 45.6 Å². The molecule has 20 heavy (non-hydrogen) atoms. The number of rotatable bonds is 6. The Bertz CT molecular complexity index is 559. The van der Waals surface area contributed by atoms with E-state index in [4.69, 9.17) is 0 Å². The summed E-state index contributed by atoms with van der Waals surface area (Å²) in [4.78, 5) is 8.92. The van der Waals surface area contributed by atoms with Gasteiger partial charge in [0, 0.05) is 24.8 Å². The van der Waals surface area contributed by atoms with Gasteiger partial charge in [-0.25, -0.2) is 9.97 Å². The fourth-order valence-corrected chi connectivity index (χ4v) is 2.32. The first-order chi connectivity index (χ1) is 9.69. The van der Waals surface area contributed by atoms with E-state index in [-0.39, 0.29) is 0 Å². The van der Waals surface area contributed by atoms with E-state index in [1.54, 1.807) is 6.33 Å². The Kier molecular flexibility index (Phi) is 4.71. The molecule has 0 aliphatic carbocycles. The highest BCUT2D eigenvalue weighted by atomic mass is 15.3. The van der Waals surface area contributed by atoms with Crippen LogP contribution in [-0.4, -0.2) is 26.3 Å². The summed E-state index contributed by atoms with van der Waals surface area (Å²) in [6.45, 7) is 10.3. The Balaban J connectivity index is 2.52. The molecule has 2 aromatic rings. The minimum absolute atomic E-state index is 0.353. The third-order valence-electron chi connectivity index (χ3n) is 3.26. The topological polar surface area (TPSA) is 55.6 Å². The highest BCUT2D eigenvalue weighted by Crippen LogP contribution is 2.31. The second-order valence-corrected chi connectivity index (χ2v) is 5.10. The van der Waals surface area contributed by atoms with E-state index in [1.165, 1.54) is 0 Å². The lowest BCUT2D eigenvalue weighted by molar-refractivity contribution is 0.663. The molecular formula is C15H23N5. The maximum absolute atomic E-state index is 4.51. The molecule has 1 N–H and O–H groups in total. The van der Waals surface area contributed by atoms with Crippen molar-refractivity contribution >= 4 is 5.82 Å². The number of nitrogens with one attached hydrogen (secondary N) is 1. The van der Waals surface area contributed by atoms with Gasteiger partial charge in [-0.1, -0.05) is 20.8 Å². The number of anilines is 1. The summed E-state index contributed by atoms with van der Waals surface area (Å²) in [5.41, 5.74) is 3.20. The molecule has 2 rings (SSSR count). The van der Waals surface area contributed by atoms with Gasteiger partial charge in [-0.3, -0.25) is 4.68 Å². The van der Waals surface area contributed by atoms with E-state index < -0.39 is 0 Å². The highest BCUT2D eigenvalue weighted by Gasteiger charge is 2.18. The second-order valence-electron chi connectivity index (χ2n) is 5.10. The summed E-state index contributed by atoms with van der Waals surface area (Å²) < 4.78 is 1.97. The van der Waals surface area contributed by atoms with E-state index >= 15 is 0 Å². The summed E-state index contributed by atoms with van der Waals surface area (Å²) in [5.74, 6) is 1.29. The van der Waals surface area contributed by atoms with Crippen molar-refractivity contribution in [3.63, 3.8) is 0 Å². The van der Waals surface area contributed by atoms with Gasteiger partial charge in [0.25, 0.3) is 0 Å². The van der Waals surface area contributed by atoms with Gasteiger partial charge in [0.15, 0.2) is 0 Å². The van der Waals surface area contributed by atoms with Crippen LogP contribution in [0.25, 0.3) is 11.4 Å². The number of aryl methyl sites for hydroxylation is 1. The predicted molar refractivity (Wildman–Crippen MR) is 81.8 cm³/mol. The lowest BCUT2D eigenvalue weighted by Crippen LogP contribution is -2.10. The van der Waals surface area contributed by atoms with Crippen molar-refractivity contribution in [3.8, 4) is 11.4 Å². The molecule has 0 fully saturated rings. The van der Waals surface area contributed by atoms with Crippen molar-refractivity contribution < 1.29 is 0 Å². The van der Waals surface area contributed by atoms with E-state index in [0.29, 0.717) is 5.92 Å². The third kappa shape index (κ3) is 2.81. The largest absolute Gasteiger partial charge is 0.370 e. The summed E-state index contributed by atoms with van der Waals surface area (Å²) in [5, 5.41) is 7.74. The zero-order valence-electron chi connectivity index (χ0n) is 12.7. The predicted octanol–water partition coefficient (Wildman–Crippen LogP) is 3.31. The average Bonchev–Trinajstić information content (AvgIpc) is 2.92. The van der Waals surface area contributed by atoms with Crippen LogP contribution in [0.4, 0.5) is 5.82 Å². The molecule has 0 saturated heterocycles. The second kappa shape index (κ2) is 6.50. The quantitative estimate of drug-likeness (QED) is 0.877. The van der Waals surface area contributed by atoms with Crippen LogP contribution >= 0.6 is 0 Å². The molecule has 0 aromatic carbocycles. The normalized spacial score (nSPS) is 11.1. The van der Waals surface area contributed by atoms with Gasteiger partial charge in [-0.2, -0.15) is 5.10 Å². The number of hydrogen-bond donors (Lipinski definition) is 1. The molecule has 0 radical (unpaired) electrons. The Labute approximate surface area is 120 Å². The van der Waals surface area contributed by atoms with Crippen LogP contribution in [0, 0.1) is 0 Å². The van der Waals surface area contributed by atoms with Crippen LogP contribution in [-0.2, 0) is 6.54 Å². The van der Waals surface area contributed by atoms with Crippen LogP contribution in [0.2, 0.25) is 0 Å². The Morgan fingerprint density at radius 1 is 1.25 bits per heavy atom. The summed E-state index contributed by atoms with van der Waals surface area (Å²) >= 11 is 0. The molecule has 0 unspecified atom stereocenters. The molecule has 2 aromatic heterocycles. The van der Waals surface area contributed by atoms with Crippen LogP contribution in [0.15, 0.2) is 18.6 Å². The van der Waals surface area contributed by atoms with E-state index in [1.807, 2.05) is 16.9 Å². The van der Waals surface area contributed by atoms with Gasteiger partial charge in [0.05, 0.1) is 11.4 Å². The van der Waals surface area contributed by atoms with Crippen molar-refractivity contribution in [2.45, 2.75) is 46.6 Å². The first-order valence-electron chi connectivity index (χ1n) is 7.29. The van der Waals surface area contributed by atoms with E-state index in [0.717, 1.165) is 42.3 Å². The average molecular weight is 273 g/mol. The van der Waals surface area contributed by atoms with Crippen molar-refractivity contribution in [1.82, 2.24) is 19.7 Å². The zero-order valence-corrected chi connectivity index (χ0v) is 12.7. The Morgan fingerprint density at radius 2 is 2.05 bits per heavy atom.